The van der Waals surface area contributed by atoms with Crippen LogP contribution in [0.3, 0.4) is 0 Å². The highest BCUT2D eigenvalue weighted by atomic mass is 32.2. The molecule has 0 spiro atoms. The highest BCUT2D eigenvalue weighted by Gasteiger charge is 2.19. The van der Waals surface area contributed by atoms with Gasteiger partial charge in [0.05, 0.1) is 12.2 Å². The van der Waals surface area contributed by atoms with Crippen LogP contribution in [0.15, 0.2) is 40.0 Å². The third-order valence-corrected chi connectivity index (χ3v) is 4.71. The van der Waals surface area contributed by atoms with Crippen molar-refractivity contribution in [1.29, 1.82) is 0 Å². The molecule has 0 atom stereocenters. The van der Waals surface area contributed by atoms with Crippen molar-refractivity contribution in [3.05, 3.63) is 51.8 Å². The zero-order valence-corrected chi connectivity index (χ0v) is 16.3. The normalized spacial score (nSPS) is 10.6. The van der Waals surface area contributed by atoms with Gasteiger partial charge >= 0.3 is 16.1 Å². The zero-order chi connectivity index (χ0) is 20.6. The van der Waals surface area contributed by atoms with E-state index in [1.54, 1.807) is 19.1 Å². The molecule has 0 aliphatic heterocycles. The van der Waals surface area contributed by atoms with Crippen LogP contribution < -0.4 is 9.74 Å². The van der Waals surface area contributed by atoms with E-state index in [0.717, 1.165) is 11.6 Å². The summed E-state index contributed by atoms with van der Waals surface area (Å²) < 4.78 is 34.7. The summed E-state index contributed by atoms with van der Waals surface area (Å²) in [4.78, 5) is 22.7. The van der Waals surface area contributed by atoms with Crippen molar-refractivity contribution in [3.8, 4) is 17.7 Å². The van der Waals surface area contributed by atoms with Crippen LogP contribution in [0.2, 0.25) is 0 Å². The maximum absolute atomic E-state index is 12.4. The number of H-pyrrole nitrogens is 1. The summed E-state index contributed by atoms with van der Waals surface area (Å²) in [5, 5.41) is 5.77. The number of unbranched alkanes of at least 4 members (excludes halogenated alkanes) is 1. The van der Waals surface area contributed by atoms with Gasteiger partial charge in [-0.3, -0.25) is 9.59 Å². The Hall–Kier alpha value is -3.12. The predicted octanol–water partition coefficient (Wildman–Crippen LogP) is 1.93. The predicted molar refractivity (Wildman–Crippen MR) is 101 cm³/mol. The largest absolute Gasteiger partial charge is 0.466 e. The smallest absolute Gasteiger partial charge is 0.340 e. The monoisotopic (exact) mass is 404 g/mol. The third-order valence-electron chi connectivity index (χ3n) is 3.48. The first-order chi connectivity index (χ1) is 13.3. The Kier molecular flexibility index (Phi) is 7.35. The second kappa shape index (κ2) is 9.71. The number of aromatic nitrogens is 2. The SMILES string of the molecule is CCOC(=O)CCCC#Cc1cc(=O)[nH]nc1OS(=O)(=O)c1ccc(C)cc1. The van der Waals surface area contributed by atoms with Gasteiger partial charge in [0.25, 0.3) is 11.4 Å². The summed E-state index contributed by atoms with van der Waals surface area (Å²) >= 11 is 0. The van der Waals surface area contributed by atoms with Gasteiger partial charge in [0.15, 0.2) is 0 Å². The fourth-order valence-electron chi connectivity index (χ4n) is 2.11. The van der Waals surface area contributed by atoms with Gasteiger partial charge in [0, 0.05) is 18.9 Å². The fraction of sp³-hybridized carbons (Fsp3) is 0.316. The van der Waals surface area contributed by atoms with Crippen molar-refractivity contribution in [1.82, 2.24) is 10.2 Å². The first-order valence-corrected chi connectivity index (χ1v) is 9.98. The summed E-state index contributed by atoms with van der Waals surface area (Å²) in [6.45, 7) is 3.87. The highest BCUT2D eigenvalue weighted by molar-refractivity contribution is 7.87. The zero-order valence-electron chi connectivity index (χ0n) is 15.5. The summed E-state index contributed by atoms with van der Waals surface area (Å²) in [5.74, 6) is 4.81. The number of hydrogen-bond donors (Lipinski definition) is 1. The molecule has 0 saturated carbocycles. The Balaban J connectivity index is 2.14. The number of nitrogens with one attached hydrogen (secondary N) is 1. The molecule has 148 valence electrons. The second-order valence-electron chi connectivity index (χ2n) is 5.76. The van der Waals surface area contributed by atoms with Crippen molar-refractivity contribution in [3.63, 3.8) is 0 Å². The summed E-state index contributed by atoms with van der Waals surface area (Å²) in [6, 6.07) is 7.21. The van der Waals surface area contributed by atoms with Gasteiger partial charge in [-0.25, -0.2) is 5.10 Å². The molecular formula is C19H20N2O6S. The molecule has 0 aliphatic carbocycles. The lowest BCUT2D eigenvalue weighted by Crippen LogP contribution is -2.15. The van der Waals surface area contributed by atoms with Gasteiger partial charge < -0.3 is 8.92 Å². The van der Waals surface area contributed by atoms with Crippen LogP contribution in [0.25, 0.3) is 0 Å². The van der Waals surface area contributed by atoms with Crippen molar-refractivity contribution >= 4 is 16.1 Å². The number of rotatable bonds is 7. The molecule has 8 nitrogen and oxygen atoms in total. The van der Waals surface area contributed by atoms with Gasteiger partial charge in [-0.05, 0) is 32.4 Å². The van der Waals surface area contributed by atoms with E-state index in [1.165, 1.54) is 12.1 Å². The number of carbonyl (C=O) groups excluding carboxylic acids is 1. The Morgan fingerprint density at radius 3 is 2.64 bits per heavy atom. The fourth-order valence-corrected chi connectivity index (χ4v) is 3.01. The summed E-state index contributed by atoms with van der Waals surface area (Å²) in [7, 11) is -4.13. The molecule has 0 unspecified atom stereocenters. The molecule has 1 aromatic carbocycles. The van der Waals surface area contributed by atoms with Crippen LogP contribution in [-0.4, -0.2) is 31.2 Å². The Morgan fingerprint density at radius 1 is 1.25 bits per heavy atom. The average Bonchev–Trinajstić information content (AvgIpc) is 2.64. The summed E-state index contributed by atoms with van der Waals surface area (Å²) in [5.41, 5.74) is 0.391. The second-order valence-corrected chi connectivity index (χ2v) is 7.31. The average molecular weight is 404 g/mol. The van der Waals surface area contributed by atoms with Crippen LogP contribution in [0.5, 0.6) is 5.88 Å². The molecule has 9 heteroatoms. The quantitative estimate of drug-likeness (QED) is 0.324. The lowest BCUT2D eigenvalue weighted by molar-refractivity contribution is -0.143. The van der Waals surface area contributed by atoms with E-state index in [0.29, 0.717) is 19.4 Å². The number of aromatic amines is 1. The van der Waals surface area contributed by atoms with E-state index in [-0.39, 0.29) is 28.7 Å². The Bertz CT molecular complexity index is 1050. The number of carbonyl (C=O) groups is 1. The molecule has 0 fully saturated rings. The van der Waals surface area contributed by atoms with Crippen LogP contribution >= 0.6 is 0 Å². The molecule has 0 amide bonds. The minimum atomic E-state index is -4.13. The van der Waals surface area contributed by atoms with E-state index >= 15 is 0 Å². The Labute approximate surface area is 163 Å². The maximum Gasteiger partial charge on any atom is 0.340 e. The van der Waals surface area contributed by atoms with Crippen molar-refractivity contribution in [2.45, 2.75) is 38.0 Å². The lowest BCUT2D eigenvalue weighted by Gasteiger charge is -2.07. The summed E-state index contributed by atoms with van der Waals surface area (Å²) in [6.07, 6.45) is 1.05. The van der Waals surface area contributed by atoms with Crippen LogP contribution in [0.4, 0.5) is 0 Å². The van der Waals surface area contributed by atoms with E-state index in [1.807, 2.05) is 6.92 Å². The molecule has 2 rings (SSSR count). The first kappa shape index (κ1) is 21.2. The third kappa shape index (κ3) is 6.25. The number of aryl methyl sites for hydroxylation is 1. The minimum Gasteiger partial charge on any atom is -0.466 e. The van der Waals surface area contributed by atoms with Crippen molar-refractivity contribution in [2.24, 2.45) is 0 Å². The number of ether oxygens (including phenoxy) is 1. The van der Waals surface area contributed by atoms with Crippen molar-refractivity contribution in [2.75, 3.05) is 6.61 Å². The number of benzene rings is 1. The van der Waals surface area contributed by atoms with Crippen molar-refractivity contribution < 1.29 is 22.1 Å². The molecule has 1 aromatic heterocycles. The van der Waals surface area contributed by atoms with Crippen LogP contribution in [-0.2, 0) is 19.6 Å². The molecule has 0 radical (unpaired) electrons. The van der Waals surface area contributed by atoms with Gasteiger partial charge in [0.2, 0.25) is 0 Å². The first-order valence-electron chi connectivity index (χ1n) is 8.57. The molecule has 1 heterocycles. The molecule has 0 saturated heterocycles. The topological polar surface area (TPSA) is 115 Å². The van der Waals surface area contributed by atoms with E-state index < -0.39 is 15.7 Å². The standard InChI is InChI=1S/C19H20N2O6S/c1-3-26-18(23)8-6-4-5-7-15-13-17(22)20-21-19(15)27-28(24,25)16-11-9-14(2)10-12-16/h9-13H,3-4,6,8H2,1-2H3,(H,20,22). The van der Waals surface area contributed by atoms with Gasteiger partial charge in [-0.2, -0.15) is 8.42 Å². The van der Waals surface area contributed by atoms with Crippen LogP contribution in [0.1, 0.15) is 37.3 Å². The van der Waals surface area contributed by atoms with Gasteiger partial charge in [-0.1, -0.05) is 29.5 Å². The Morgan fingerprint density at radius 2 is 1.96 bits per heavy atom. The van der Waals surface area contributed by atoms with Crippen LogP contribution in [0, 0.1) is 18.8 Å². The molecule has 28 heavy (non-hydrogen) atoms. The van der Waals surface area contributed by atoms with E-state index in [2.05, 4.69) is 22.0 Å². The number of hydrogen-bond acceptors (Lipinski definition) is 7. The highest BCUT2D eigenvalue weighted by Crippen LogP contribution is 2.19. The van der Waals surface area contributed by atoms with Gasteiger partial charge in [-0.15, -0.1) is 5.10 Å². The number of nitrogens with zero attached hydrogens (tertiary/aromatic N) is 1. The minimum absolute atomic E-state index is 0.0376. The van der Waals surface area contributed by atoms with Gasteiger partial charge in [0.1, 0.15) is 4.90 Å². The molecule has 1 N–H and O–H groups in total. The van der Waals surface area contributed by atoms with E-state index in [9.17, 15) is 18.0 Å². The molecule has 0 aliphatic rings. The molecule has 0 bridgehead atoms. The molecule has 2 aromatic rings. The number of esters is 1. The molecular weight excluding hydrogens is 384 g/mol. The van der Waals surface area contributed by atoms with E-state index in [4.69, 9.17) is 8.92 Å². The lowest BCUT2D eigenvalue weighted by atomic mass is 10.2. The maximum atomic E-state index is 12.4.